The van der Waals surface area contributed by atoms with E-state index in [9.17, 15) is 9.59 Å². The van der Waals surface area contributed by atoms with Crippen LogP contribution < -0.4 is 0 Å². The average molecular weight is 269 g/mol. The van der Waals surface area contributed by atoms with E-state index in [-0.39, 0.29) is 0 Å². The number of hydrogen-bond donors (Lipinski definition) is 1. The van der Waals surface area contributed by atoms with Crippen molar-refractivity contribution in [3.05, 3.63) is 0 Å². The molecule has 0 unspecified atom stereocenters. The van der Waals surface area contributed by atoms with Crippen LogP contribution in [0.4, 0.5) is 0 Å². The number of carbonyl (C=O) groups excluding carboxylic acids is 1. The zero-order valence-electron chi connectivity index (χ0n) is 12.2. The minimum atomic E-state index is -0.675. The number of carboxylic acid groups (broad SMARTS) is 1. The Hall–Kier alpha value is -0.860. The van der Waals surface area contributed by atoms with E-state index >= 15 is 0 Å². The third-order valence-electron chi connectivity index (χ3n) is 3.42. The van der Waals surface area contributed by atoms with Crippen LogP contribution in [-0.2, 0) is 9.59 Å². The molecule has 3 heteroatoms. The van der Waals surface area contributed by atoms with E-state index in [2.05, 4.69) is 0 Å². The van der Waals surface area contributed by atoms with Crippen molar-refractivity contribution in [2.24, 2.45) is 0 Å². The standard InChI is InChI=1S/C16H29O3/c17-15-13-11-9-7-5-3-1-2-4-6-8-10-12-14-16(18)19/h1-14H2,(H,18,19). The summed E-state index contributed by atoms with van der Waals surface area (Å²) in [5.41, 5.74) is 0. The van der Waals surface area contributed by atoms with Crippen molar-refractivity contribution in [3.8, 4) is 0 Å². The van der Waals surface area contributed by atoms with Crippen LogP contribution in [0.15, 0.2) is 0 Å². The molecule has 0 fully saturated rings. The molecule has 0 rings (SSSR count). The summed E-state index contributed by atoms with van der Waals surface area (Å²) in [5.74, 6) is -0.675. The van der Waals surface area contributed by atoms with Crippen molar-refractivity contribution in [1.82, 2.24) is 0 Å². The monoisotopic (exact) mass is 269 g/mol. The van der Waals surface area contributed by atoms with Gasteiger partial charge in [-0.3, -0.25) is 9.59 Å². The second-order valence-electron chi connectivity index (χ2n) is 5.28. The Morgan fingerprint density at radius 1 is 0.684 bits per heavy atom. The van der Waals surface area contributed by atoms with Gasteiger partial charge in [-0.05, 0) is 12.8 Å². The maximum atomic E-state index is 10.3. The smallest absolute Gasteiger partial charge is 0.303 e. The molecule has 0 aromatic rings. The van der Waals surface area contributed by atoms with Gasteiger partial charge in [-0.25, -0.2) is 0 Å². The number of unbranched alkanes of at least 4 members (excludes halogenated alkanes) is 12. The van der Waals surface area contributed by atoms with E-state index in [0.717, 1.165) is 19.3 Å². The molecule has 0 aliphatic heterocycles. The predicted molar refractivity (Wildman–Crippen MR) is 78.0 cm³/mol. The van der Waals surface area contributed by atoms with Crippen LogP contribution in [0.25, 0.3) is 0 Å². The SMILES string of the molecule is O=[C]CCCCCCCCCCCCCCC(=O)O. The van der Waals surface area contributed by atoms with Gasteiger partial charge in [-0.15, -0.1) is 0 Å². The van der Waals surface area contributed by atoms with Crippen LogP contribution in [0.3, 0.4) is 0 Å². The number of hydrogen-bond acceptors (Lipinski definition) is 2. The molecule has 3 nitrogen and oxygen atoms in total. The first-order valence-electron chi connectivity index (χ1n) is 7.84. The molecule has 0 spiro atoms. The van der Waals surface area contributed by atoms with Crippen LogP contribution in [0.5, 0.6) is 0 Å². The lowest BCUT2D eigenvalue weighted by atomic mass is 10.0. The van der Waals surface area contributed by atoms with E-state index in [1.54, 1.807) is 0 Å². The van der Waals surface area contributed by atoms with E-state index in [1.807, 2.05) is 6.29 Å². The van der Waals surface area contributed by atoms with Gasteiger partial charge in [0.05, 0.1) is 0 Å². The maximum absolute atomic E-state index is 10.3. The highest BCUT2D eigenvalue weighted by molar-refractivity contribution is 5.66. The zero-order valence-corrected chi connectivity index (χ0v) is 12.2. The van der Waals surface area contributed by atoms with Crippen molar-refractivity contribution in [3.63, 3.8) is 0 Å². The summed E-state index contributed by atoms with van der Waals surface area (Å²) in [5, 5.41) is 8.49. The van der Waals surface area contributed by atoms with Crippen molar-refractivity contribution < 1.29 is 14.7 Å². The van der Waals surface area contributed by atoms with E-state index in [4.69, 9.17) is 5.11 Å². The van der Waals surface area contributed by atoms with Gasteiger partial charge in [0.1, 0.15) is 0 Å². The van der Waals surface area contributed by atoms with Gasteiger partial charge in [-0.1, -0.05) is 64.2 Å². The number of carboxylic acids is 1. The Kier molecular flexibility index (Phi) is 14.5. The molecule has 0 atom stereocenters. The largest absolute Gasteiger partial charge is 0.481 e. The molecular formula is C16H29O3. The van der Waals surface area contributed by atoms with E-state index < -0.39 is 5.97 Å². The summed E-state index contributed by atoms with van der Waals surface area (Å²) in [6.07, 6.45) is 17.1. The molecule has 111 valence electrons. The van der Waals surface area contributed by atoms with Crippen molar-refractivity contribution in [2.75, 3.05) is 0 Å². The molecule has 0 amide bonds. The Balaban J connectivity index is 2.95. The second kappa shape index (κ2) is 15.2. The van der Waals surface area contributed by atoms with Crippen molar-refractivity contribution >= 4 is 12.3 Å². The van der Waals surface area contributed by atoms with Gasteiger partial charge in [0.15, 0.2) is 6.29 Å². The molecule has 0 aliphatic rings. The lowest BCUT2D eigenvalue weighted by molar-refractivity contribution is -0.137. The highest BCUT2D eigenvalue weighted by atomic mass is 16.4. The first kappa shape index (κ1) is 18.1. The molecule has 0 bridgehead atoms. The fourth-order valence-electron chi connectivity index (χ4n) is 2.24. The Morgan fingerprint density at radius 3 is 1.42 bits per heavy atom. The van der Waals surface area contributed by atoms with Crippen molar-refractivity contribution in [2.45, 2.75) is 89.9 Å². The minimum absolute atomic E-state index is 0.321. The summed E-state index contributed by atoms with van der Waals surface area (Å²) in [6, 6.07) is 0. The van der Waals surface area contributed by atoms with Gasteiger partial charge < -0.3 is 5.11 Å². The summed E-state index contributed by atoms with van der Waals surface area (Å²) in [4.78, 5) is 20.3. The van der Waals surface area contributed by atoms with Gasteiger partial charge in [0.2, 0.25) is 0 Å². The summed E-state index contributed by atoms with van der Waals surface area (Å²) < 4.78 is 0. The quantitative estimate of drug-likeness (QED) is 0.440. The van der Waals surface area contributed by atoms with Crippen LogP contribution in [0.1, 0.15) is 89.9 Å². The Morgan fingerprint density at radius 2 is 1.05 bits per heavy atom. The number of aliphatic carboxylic acids is 1. The van der Waals surface area contributed by atoms with Crippen LogP contribution in [0, 0.1) is 0 Å². The third kappa shape index (κ3) is 17.1. The van der Waals surface area contributed by atoms with Crippen molar-refractivity contribution in [1.29, 1.82) is 0 Å². The summed E-state index contributed by atoms with van der Waals surface area (Å²) in [6.45, 7) is 0. The molecule has 1 N–H and O–H groups in total. The Labute approximate surface area is 117 Å². The highest BCUT2D eigenvalue weighted by Gasteiger charge is 1.96. The summed E-state index contributed by atoms with van der Waals surface area (Å²) in [7, 11) is 0. The fourth-order valence-corrected chi connectivity index (χ4v) is 2.24. The molecule has 0 saturated heterocycles. The third-order valence-corrected chi connectivity index (χ3v) is 3.42. The van der Waals surface area contributed by atoms with Gasteiger partial charge >= 0.3 is 5.97 Å². The molecule has 1 radical (unpaired) electrons. The maximum Gasteiger partial charge on any atom is 0.303 e. The van der Waals surface area contributed by atoms with Crippen LogP contribution >= 0.6 is 0 Å². The highest BCUT2D eigenvalue weighted by Crippen LogP contribution is 2.12. The van der Waals surface area contributed by atoms with Crippen LogP contribution in [0.2, 0.25) is 0 Å². The molecule has 0 aromatic carbocycles. The first-order valence-corrected chi connectivity index (χ1v) is 7.84. The topological polar surface area (TPSA) is 54.4 Å². The first-order chi connectivity index (χ1) is 9.27. The molecular weight excluding hydrogens is 240 g/mol. The van der Waals surface area contributed by atoms with Crippen LogP contribution in [-0.4, -0.2) is 17.4 Å². The molecule has 0 saturated carbocycles. The van der Waals surface area contributed by atoms with Gasteiger partial charge in [-0.2, -0.15) is 0 Å². The summed E-state index contributed by atoms with van der Waals surface area (Å²) >= 11 is 0. The molecule has 0 aliphatic carbocycles. The minimum Gasteiger partial charge on any atom is -0.481 e. The lowest BCUT2D eigenvalue weighted by Crippen LogP contribution is -1.93. The normalized spacial score (nSPS) is 10.5. The fraction of sp³-hybridized carbons (Fsp3) is 0.875. The van der Waals surface area contributed by atoms with Gasteiger partial charge in [0, 0.05) is 12.8 Å². The number of rotatable bonds is 15. The predicted octanol–water partition coefficient (Wildman–Crippen LogP) is 4.64. The number of carbonyl (C=O) groups is 1. The average Bonchev–Trinajstić information content (AvgIpc) is 2.39. The Bertz CT molecular complexity index is 214. The lowest BCUT2D eigenvalue weighted by Gasteiger charge is -2.02. The zero-order chi connectivity index (χ0) is 14.2. The molecule has 0 aromatic heterocycles. The van der Waals surface area contributed by atoms with E-state index in [1.165, 1.54) is 57.8 Å². The van der Waals surface area contributed by atoms with Gasteiger partial charge in [0.25, 0.3) is 0 Å². The van der Waals surface area contributed by atoms with E-state index in [0.29, 0.717) is 12.8 Å². The molecule has 19 heavy (non-hydrogen) atoms. The second-order valence-corrected chi connectivity index (χ2v) is 5.28. The molecule has 0 heterocycles.